The molecule has 0 spiro atoms. The van der Waals surface area contributed by atoms with Crippen molar-refractivity contribution >= 4 is 11.9 Å². The first-order chi connectivity index (χ1) is 31.2. The standard InChI is InChI=1S/C53H95NO10/c1-3-5-7-9-11-13-14-15-16-17-21-25-29-33-37-41-49(58)62-42-38-34-30-26-22-19-18-20-24-28-32-36-40-48(57)54-45(46(56)39-35-31-27-23-12-10-8-6-4-2)44-63-53-52(61)51(60)50(59)47(43-55)64-53/h11,13,15-16,19,22,35,39,45-47,50-53,55-56,59-61H,3-10,12,14,17-18,20-21,23-34,36-38,40-44H2,1-2H3,(H,54,57)/b13-11-,16-15-,22-19-,39-35+. The summed E-state index contributed by atoms with van der Waals surface area (Å²) in [5.41, 5.74) is 0. The monoisotopic (exact) mass is 906 g/mol. The predicted octanol–water partition coefficient (Wildman–Crippen LogP) is 10.5. The van der Waals surface area contributed by atoms with Gasteiger partial charge in [-0.1, -0.05) is 152 Å². The summed E-state index contributed by atoms with van der Waals surface area (Å²) in [6, 6.07) is -0.828. The third-order valence-corrected chi connectivity index (χ3v) is 11.9. The van der Waals surface area contributed by atoms with Crippen molar-refractivity contribution in [1.82, 2.24) is 5.32 Å². The van der Waals surface area contributed by atoms with E-state index < -0.39 is 49.5 Å². The lowest BCUT2D eigenvalue weighted by molar-refractivity contribution is -0.302. The number of aliphatic hydroxyl groups is 5. The van der Waals surface area contributed by atoms with Gasteiger partial charge < -0.3 is 45.1 Å². The molecule has 1 heterocycles. The summed E-state index contributed by atoms with van der Waals surface area (Å²) < 4.78 is 16.6. The molecule has 11 nitrogen and oxygen atoms in total. The van der Waals surface area contributed by atoms with Crippen LogP contribution in [0, 0.1) is 0 Å². The highest BCUT2D eigenvalue weighted by molar-refractivity contribution is 5.76. The van der Waals surface area contributed by atoms with E-state index in [-0.39, 0.29) is 18.5 Å². The maximum atomic E-state index is 12.9. The van der Waals surface area contributed by atoms with E-state index in [9.17, 15) is 35.1 Å². The third-order valence-electron chi connectivity index (χ3n) is 11.9. The molecule has 1 aliphatic rings. The summed E-state index contributed by atoms with van der Waals surface area (Å²) >= 11 is 0. The van der Waals surface area contributed by atoms with Gasteiger partial charge in [-0.25, -0.2) is 0 Å². The summed E-state index contributed by atoms with van der Waals surface area (Å²) in [6.07, 6.45) is 41.9. The van der Waals surface area contributed by atoms with Crippen LogP contribution < -0.4 is 5.32 Å². The number of ether oxygens (including phenoxy) is 3. The molecule has 0 aromatic rings. The first-order valence-electron chi connectivity index (χ1n) is 25.9. The van der Waals surface area contributed by atoms with E-state index in [1.807, 2.05) is 6.08 Å². The number of carbonyl (C=O) groups is 2. The third kappa shape index (κ3) is 33.1. The largest absolute Gasteiger partial charge is 0.466 e. The van der Waals surface area contributed by atoms with E-state index >= 15 is 0 Å². The normalized spacial score (nSPS) is 20.3. The molecule has 0 saturated carbocycles. The Morgan fingerprint density at radius 2 is 1.05 bits per heavy atom. The molecule has 0 aliphatic carbocycles. The summed E-state index contributed by atoms with van der Waals surface area (Å²) in [7, 11) is 0. The van der Waals surface area contributed by atoms with Crippen LogP contribution in [-0.4, -0.2) is 100 Å². The van der Waals surface area contributed by atoms with Crippen LogP contribution in [0.5, 0.6) is 0 Å². The van der Waals surface area contributed by atoms with Crippen LogP contribution in [0.4, 0.5) is 0 Å². The fourth-order valence-corrected chi connectivity index (χ4v) is 7.69. The Labute approximate surface area is 389 Å². The van der Waals surface area contributed by atoms with Crippen LogP contribution in [-0.2, 0) is 23.8 Å². The van der Waals surface area contributed by atoms with Crippen molar-refractivity contribution < 1.29 is 49.3 Å². The van der Waals surface area contributed by atoms with Crippen LogP contribution >= 0.6 is 0 Å². The Hall–Kier alpha value is -2.38. The topological polar surface area (TPSA) is 175 Å². The van der Waals surface area contributed by atoms with Crippen LogP contribution in [0.2, 0.25) is 0 Å². The minimum absolute atomic E-state index is 0.0621. The molecule has 0 aromatic carbocycles. The summed E-state index contributed by atoms with van der Waals surface area (Å²) in [5, 5.41) is 54.1. The van der Waals surface area contributed by atoms with Gasteiger partial charge in [-0.3, -0.25) is 9.59 Å². The smallest absolute Gasteiger partial charge is 0.305 e. The number of nitrogens with one attached hydrogen (secondary N) is 1. The number of amides is 1. The molecule has 1 fully saturated rings. The Morgan fingerprint density at radius 3 is 1.62 bits per heavy atom. The van der Waals surface area contributed by atoms with Crippen molar-refractivity contribution in [1.29, 1.82) is 0 Å². The molecule has 1 aliphatic heterocycles. The minimum atomic E-state index is -1.58. The Kier molecular flexibility index (Phi) is 40.3. The molecule has 1 rings (SSSR count). The van der Waals surface area contributed by atoms with Crippen molar-refractivity contribution in [3.05, 3.63) is 48.6 Å². The van der Waals surface area contributed by atoms with Crippen LogP contribution in [0.3, 0.4) is 0 Å². The highest BCUT2D eigenvalue weighted by Crippen LogP contribution is 2.22. The molecule has 6 N–H and O–H groups in total. The molecule has 64 heavy (non-hydrogen) atoms. The minimum Gasteiger partial charge on any atom is -0.466 e. The molecule has 0 bridgehead atoms. The maximum absolute atomic E-state index is 12.9. The van der Waals surface area contributed by atoms with Crippen molar-refractivity contribution in [2.24, 2.45) is 0 Å². The fraction of sp³-hybridized carbons (Fsp3) is 0.811. The summed E-state index contributed by atoms with van der Waals surface area (Å²) in [6.45, 7) is 4.17. The van der Waals surface area contributed by atoms with Crippen molar-refractivity contribution in [2.45, 2.75) is 256 Å². The molecular formula is C53H95NO10. The molecule has 7 atom stereocenters. The number of allylic oxidation sites excluding steroid dienone is 7. The Bertz CT molecular complexity index is 1210. The van der Waals surface area contributed by atoms with E-state index in [1.165, 1.54) is 77.0 Å². The van der Waals surface area contributed by atoms with Gasteiger partial charge in [-0.05, 0) is 96.3 Å². The van der Waals surface area contributed by atoms with Gasteiger partial charge in [-0.2, -0.15) is 0 Å². The van der Waals surface area contributed by atoms with Gasteiger partial charge in [0.05, 0.1) is 32.0 Å². The zero-order valence-electron chi connectivity index (χ0n) is 40.5. The van der Waals surface area contributed by atoms with Crippen molar-refractivity contribution in [3.63, 3.8) is 0 Å². The van der Waals surface area contributed by atoms with Gasteiger partial charge >= 0.3 is 5.97 Å². The van der Waals surface area contributed by atoms with Crippen LogP contribution in [0.25, 0.3) is 0 Å². The number of hydrogen-bond acceptors (Lipinski definition) is 10. The average Bonchev–Trinajstić information content (AvgIpc) is 3.29. The first-order valence-corrected chi connectivity index (χ1v) is 25.9. The number of hydrogen-bond donors (Lipinski definition) is 6. The van der Waals surface area contributed by atoms with Gasteiger partial charge in [0.15, 0.2) is 6.29 Å². The van der Waals surface area contributed by atoms with E-state index in [2.05, 4.69) is 55.6 Å². The Balaban J connectivity index is 2.15. The summed E-state index contributed by atoms with van der Waals surface area (Å²) in [5.74, 6) is -0.275. The lowest BCUT2D eigenvalue weighted by Gasteiger charge is -2.40. The average molecular weight is 906 g/mol. The van der Waals surface area contributed by atoms with Gasteiger partial charge in [0.2, 0.25) is 5.91 Å². The van der Waals surface area contributed by atoms with Crippen LogP contribution in [0.1, 0.15) is 213 Å². The van der Waals surface area contributed by atoms with E-state index in [1.54, 1.807) is 6.08 Å². The van der Waals surface area contributed by atoms with Gasteiger partial charge in [-0.15, -0.1) is 0 Å². The lowest BCUT2D eigenvalue weighted by Crippen LogP contribution is -2.60. The maximum Gasteiger partial charge on any atom is 0.305 e. The predicted molar refractivity (Wildman–Crippen MR) is 260 cm³/mol. The van der Waals surface area contributed by atoms with Gasteiger partial charge in [0.1, 0.15) is 24.4 Å². The number of esters is 1. The quantitative estimate of drug-likeness (QED) is 0.0196. The number of rotatable bonds is 43. The molecule has 11 heteroatoms. The van der Waals surface area contributed by atoms with Gasteiger partial charge in [0.25, 0.3) is 0 Å². The Morgan fingerprint density at radius 1 is 0.578 bits per heavy atom. The SMILES string of the molecule is CCCCC/C=C\C/C=C\CCCCCCCC(=O)OCCCCC/C=C\CCCCCCCC(=O)NC(COC1OC(CO)C(O)C(O)C1O)C(O)/C=C/CCCCCCCCC. The van der Waals surface area contributed by atoms with E-state index in [0.29, 0.717) is 19.4 Å². The summed E-state index contributed by atoms with van der Waals surface area (Å²) in [4.78, 5) is 25.0. The second-order valence-electron chi connectivity index (χ2n) is 17.9. The zero-order chi connectivity index (χ0) is 46.7. The first kappa shape index (κ1) is 59.6. The zero-order valence-corrected chi connectivity index (χ0v) is 40.5. The molecular weight excluding hydrogens is 811 g/mol. The second-order valence-corrected chi connectivity index (χ2v) is 17.9. The molecule has 0 aromatic heterocycles. The number of unbranched alkanes of at least 4 members (excludes halogenated alkanes) is 23. The number of carbonyl (C=O) groups excluding carboxylic acids is 2. The lowest BCUT2D eigenvalue weighted by atomic mass is 9.99. The highest BCUT2D eigenvalue weighted by Gasteiger charge is 2.44. The second kappa shape index (κ2) is 43.2. The molecule has 7 unspecified atom stereocenters. The van der Waals surface area contributed by atoms with E-state index in [0.717, 1.165) is 109 Å². The van der Waals surface area contributed by atoms with Gasteiger partial charge in [0, 0.05) is 12.8 Å². The fourth-order valence-electron chi connectivity index (χ4n) is 7.69. The van der Waals surface area contributed by atoms with E-state index in [4.69, 9.17) is 14.2 Å². The van der Waals surface area contributed by atoms with Crippen LogP contribution in [0.15, 0.2) is 48.6 Å². The van der Waals surface area contributed by atoms with Crippen molar-refractivity contribution in [3.8, 4) is 0 Å². The molecule has 372 valence electrons. The molecule has 1 amide bonds. The highest BCUT2D eigenvalue weighted by atomic mass is 16.7. The van der Waals surface area contributed by atoms with Crippen molar-refractivity contribution in [2.75, 3.05) is 19.8 Å². The molecule has 0 radical (unpaired) electrons. The number of aliphatic hydroxyl groups excluding tert-OH is 5. The molecule has 1 saturated heterocycles.